The smallest absolute Gasteiger partial charge is 0.399 e. The zero-order valence-electron chi connectivity index (χ0n) is 17.6. The Bertz CT molecular complexity index is 871. The normalized spacial score (nSPS) is 17.4. The van der Waals surface area contributed by atoms with Crippen molar-refractivity contribution >= 4 is 24.2 Å². The largest absolute Gasteiger partial charge is 0.494 e. The molecule has 0 saturated carbocycles. The van der Waals surface area contributed by atoms with E-state index in [2.05, 4.69) is 22.2 Å². The van der Waals surface area contributed by atoms with Gasteiger partial charge in [-0.15, -0.1) is 0 Å². The summed E-state index contributed by atoms with van der Waals surface area (Å²) in [7, 11) is -0.645. The molecule has 0 spiro atoms. The van der Waals surface area contributed by atoms with Crippen LogP contribution in [0.1, 0.15) is 63.6 Å². The summed E-state index contributed by atoms with van der Waals surface area (Å²) in [5, 5.41) is 2.57. The first-order valence-electron chi connectivity index (χ1n) is 9.90. The van der Waals surface area contributed by atoms with E-state index in [-0.39, 0.29) is 11.4 Å². The number of carbonyl (C=O) groups is 1. The molecule has 3 rings (SSSR count). The van der Waals surface area contributed by atoms with Gasteiger partial charge in [0.15, 0.2) is 0 Å². The van der Waals surface area contributed by atoms with Crippen molar-refractivity contribution in [3.8, 4) is 0 Å². The highest BCUT2D eigenvalue weighted by Crippen LogP contribution is 2.36. The van der Waals surface area contributed by atoms with E-state index >= 15 is 0 Å². The predicted molar refractivity (Wildman–Crippen MR) is 111 cm³/mol. The van der Waals surface area contributed by atoms with Crippen molar-refractivity contribution in [1.82, 2.24) is 9.97 Å². The van der Waals surface area contributed by atoms with E-state index in [1.807, 2.05) is 27.7 Å². The van der Waals surface area contributed by atoms with Gasteiger partial charge in [0.25, 0.3) is 5.91 Å². The van der Waals surface area contributed by atoms with Crippen LogP contribution in [0.2, 0.25) is 0 Å². The van der Waals surface area contributed by atoms with Crippen LogP contribution in [-0.4, -0.2) is 34.2 Å². The van der Waals surface area contributed by atoms with Crippen molar-refractivity contribution in [1.29, 1.82) is 0 Å². The van der Waals surface area contributed by atoms with E-state index in [0.717, 1.165) is 25.0 Å². The molecule has 0 unspecified atom stereocenters. The van der Waals surface area contributed by atoms with Gasteiger partial charge in [-0.3, -0.25) is 9.78 Å². The highest BCUT2D eigenvalue weighted by molar-refractivity contribution is 6.62. The van der Waals surface area contributed by atoms with Crippen LogP contribution in [0.25, 0.3) is 0 Å². The number of nitrogens with zero attached hydrogens (tertiary/aromatic N) is 2. The number of rotatable bonds is 6. The molecule has 1 aliphatic rings. The number of aromatic nitrogens is 2. The van der Waals surface area contributed by atoms with Crippen molar-refractivity contribution in [2.75, 3.05) is 5.32 Å². The fourth-order valence-corrected chi connectivity index (χ4v) is 2.91. The molecule has 0 atom stereocenters. The topological polar surface area (TPSA) is 73.3 Å². The molecule has 154 valence electrons. The van der Waals surface area contributed by atoms with Crippen LogP contribution in [0.3, 0.4) is 0 Å². The number of aryl methyl sites for hydroxylation is 1. The SMILES string of the molecule is CCCCc1cnc(C(=O)Nc2cc(B3OC(C)(C)C(C)(C)O3)ccc2F)cn1. The zero-order chi connectivity index (χ0) is 21.2. The van der Waals surface area contributed by atoms with Gasteiger partial charge in [-0.25, -0.2) is 9.37 Å². The fourth-order valence-electron chi connectivity index (χ4n) is 2.91. The monoisotopic (exact) mass is 399 g/mol. The van der Waals surface area contributed by atoms with Crippen LogP contribution in [0.4, 0.5) is 10.1 Å². The summed E-state index contributed by atoms with van der Waals surface area (Å²) in [6.07, 6.45) is 5.88. The number of nitrogens with one attached hydrogen (secondary N) is 1. The highest BCUT2D eigenvalue weighted by atomic mass is 19.1. The van der Waals surface area contributed by atoms with Gasteiger partial charge in [0.2, 0.25) is 0 Å². The van der Waals surface area contributed by atoms with Crippen LogP contribution in [0.15, 0.2) is 30.6 Å². The van der Waals surface area contributed by atoms with E-state index in [1.54, 1.807) is 12.3 Å². The maximum absolute atomic E-state index is 14.3. The Labute approximate surface area is 171 Å². The summed E-state index contributed by atoms with van der Waals surface area (Å²) >= 11 is 0. The molecule has 1 aromatic carbocycles. The first kappa shape index (κ1) is 21.4. The molecular formula is C21H27BFN3O3. The highest BCUT2D eigenvalue weighted by Gasteiger charge is 2.51. The Balaban J connectivity index is 1.74. The Kier molecular flexibility index (Phi) is 6.05. The van der Waals surface area contributed by atoms with Crippen molar-refractivity contribution in [2.24, 2.45) is 0 Å². The second-order valence-corrected chi connectivity index (χ2v) is 8.28. The van der Waals surface area contributed by atoms with Crippen LogP contribution in [-0.2, 0) is 15.7 Å². The van der Waals surface area contributed by atoms with Crippen molar-refractivity contribution in [3.63, 3.8) is 0 Å². The first-order valence-corrected chi connectivity index (χ1v) is 9.90. The minimum absolute atomic E-state index is 0.0408. The molecule has 2 aromatic rings. The number of amides is 1. The molecule has 1 aromatic heterocycles. The number of hydrogen-bond donors (Lipinski definition) is 1. The molecule has 0 aliphatic carbocycles. The molecule has 1 amide bonds. The lowest BCUT2D eigenvalue weighted by molar-refractivity contribution is 0.00578. The van der Waals surface area contributed by atoms with E-state index in [4.69, 9.17) is 9.31 Å². The minimum Gasteiger partial charge on any atom is -0.399 e. The molecule has 6 nitrogen and oxygen atoms in total. The van der Waals surface area contributed by atoms with E-state index in [9.17, 15) is 9.18 Å². The van der Waals surface area contributed by atoms with E-state index in [0.29, 0.717) is 5.46 Å². The predicted octanol–water partition coefficient (Wildman–Crippen LogP) is 3.51. The van der Waals surface area contributed by atoms with Crippen LogP contribution in [0.5, 0.6) is 0 Å². The molecule has 29 heavy (non-hydrogen) atoms. The van der Waals surface area contributed by atoms with Gasteiger partial charge in [-0.05, 0) is 58.1 Å². The van der Waals surface area contributed by atoms with E-state index in [1.165, 1.54) is 18.3 Å². The summed E-state index contributed by atoms with van der Waals surface area (Å²) in [5.74, 6) is -1.07. The summed E-state index contributed by atoms with van der Waals surface area (Å²) in [4.78, 5) is 20.9. The zero-order valence-corrected chi connectivity index (χ0v) is 17.6. The fraction of sp³-hybridized carbons (Fsp3) is 0.476. The number of anilines is 1. The van der Waals surface area contributed by atoms with Crippen molar-refractivity contribution in [2.45, 2.75) is 65.1 Å². The quantitative estimate of drug-likeness (QED) is 0.753. The van der Waals surface area contributed by atoms with E-state index < -0.39 is 30.0 Å². The van der Waals surface area contributed by atoms with Crippen LogP contribution < -0.4 is 10.8 Å². The lowest BCUT2D eigenvalue weighted by atomic mass is 9.79. The lowest BCUT2D eigenvalue weighted by Gasteiger charge is -2.32. The summed E-state index contributed by atoms with van der Waals surface area (Å²) in [5.41, 5.74) is 0.609. The molecular weight excluding hydrogens is 372 g/mol. The maximum atomic E-state index is 14.3. The third-order valence-electron chi connectivity index (χ3n) is 5.49. The molecule has 1 aliphatic heterocycles. The average Bonchev–Trinajstić information content (AvgIpc) is 2.89. The van der Waals surface area contributed by atoms with Gasteiger partial charge < -0.3 is 14.6 Å². The second-order valence-electron chi connectivity index (χ2n) is 8.28. The van der Waals surface area contributed by atoms with Gasteiger partial charge in [0, 0.05) is 6.20 Å². The Morgan fingerprint density at radius 3 is 2.41 bits per heavy atom. The summed E-state index contributed by atoms with van der Waals surface area (Å²) < 4.78 is 26.3. The Morgan fingerprint density at radius 1 is 1.14 bits per heavy atom. The summed E-state index contributed by atoms with van der Waals surface area (Å²) in [6.45, 7) is 9.88. The molecule has 0 radical (unpaired) electrons. The maximum Gasteiger partial charge on any atom is 0.494 e. The third-order valence-corrected chi connectivity index (χ3v) is 5.49. The molecule has 8 heteroatoms. The average molecular weight is 399 g/mol. The lowest BCUT2D eigenvalue weighted by Crippen LogP contribution is -2.41. The number of carbonyl (C=O) groups excluding carboxylic acids is 1. The first-order chi connectivity index (χ1) is 13.6. The number of unbranched alkanes of at least 4 members (excludes halogenated alkanes) is 1. The second kappa shape index (κ2) is 8.20. The Morgan fingerprint density at radius 2 is 1.83 bits per heavy atom. The number of hydrogen-bond acceptors (Lipinski definition) is 5. The molecule has 1 N–H and O–H groups in total. The van der Waals surface area contributed by atoms with Crippen molar-refractivity contribution in [3.05, 3.63) is 47.8 Å². The molecule has 2 heterocycles. The summed E-state index contributed by atoms with van der Waals surface area (Å²) in [6, 6.07) is 4.41. The Hall–Kier alpha value is -2.32. The number of halogens is 1. The number of benzene rings is 1. The van der Waals surface area contributed by atoms with Crippen LogP contribution >= 0.6 is 0 Å². The minimum atomic E-state index is -0.645. The van der Waals surface area contributed by atoms with Crippen molar-refractivity contribution < 1.29 is 18.5 Å². The van der Waals surface area contributed by atoms with Gasteiger partial charge in [0.1, 0.15) is 11.5 Å². The molecule has 1 saturated heterocycles. The van der Waals surface area contributed by atoms with Gasteiger partial charge in [-0.2, -0.15) is 0 Å². The molecule has 0 bridgehead atoms. The van der Waals surface area contributed by atoms with Gasteiger partial charge in [-0.1, -0.05) is 19.4 Å². The standard InChI is InChI=1S/C21H27BFN3O3/c1-6-7-8-15-12-25-18(13-24-15)19(27)26-17-11-14(9-10-16(17)23)22-28-20(2,3)21(4,5)29-22/h9-13H,6-8H2,1-5H3,(H,26,27). The van der Waals surface area contributed by atoms with Gasteiger partial charge in [0.05, 0.1) is 28.8 Å². The van der Waals surface area contributed by atoms with Crippen LogP contribution in [0, 0.1) is 5.82 Å². The molecule has 1 fully saturated rings. The third kappa shape index (κ3) is 4.65. The van der Waals surface area contributed by atoms with Gasteiger partial charge >= 0.3 is 7.12 Å².